The molecule has 3 aromatic carbocycles. The van der Waals surface area contributed by atoms with Gasteiger partial charge in [-0.3, -0.25) is 0 Å². The fourth-order valence-electron chi connectivity index (χ4n) is 5.13. The monoisotopic (exact) mass is 528 g/mol. The molecule has 212 valence electrons. The maximum Gasteiger partial charge on any atom is 0.121 e. The lowest BCUT2D eigenvalue weighted by Crippen LogP contribution is -2.20. The molecule has 0 saturated carbocycles. The molecule has 0 spiro atoms. The summed E-state index contributed by atoms with van der Waals surface area (Å²) in [6.45, 7) is 17.4. The minimum atomic E-state index is 0.190. The average Bonchev–Trinajstić information content (AvgIpc) is 2.85. The van der Waals surface area contributed by atoms with E-state index in [9.17, 15) is 5.11 Å². The summed E-state index contributed by atoms with van der Waals surface area (Å²) in [4.78, 5) is 4.75. The average molecular weight is 529 g/mol. The summed E-state index contributed by atoms with van der Waals surface area (Å²) >= 11 is 0. The molecule has 3 heteroatoms. The van der Waals surface area contributed by atoms with Crippen LogP contribution in [-0.2, 0) is 36.8 Å². The van der Waals surface area contributed by atoms with Crippen LogP contribution in [0.15, 0.2) is 66.7 Å². The third kappa shape index (κ3) is 9.81. The zero-order valence-electron chi connectivity index (χ0n) is 25.8. The van der Waals surface area contributed by atoms with Crippen molar-refractivity contribution < 1.29 is 5.11 Å². The Kier molecular flexibility index (Phi) is 10.8. The number of phenolic OH excluding ortho intramolecular Hbond substituents is 1. The summed E-state index contributed by atoms with van der Waals surface area (Å²) in [5.41, 5.74) is 7.98. The molecule has 3 rings (SSSR count). The minimum absolute atomic E-state index is 0.190. The highest BCUT2D eigenvalue weighted by molar-refractivity contribution is 5.40. The number of benzene rings is 3. The van der Waals surface area contributed by atoms with Gasteiger partial charge in [-0.15, -0.1) is 0 Å². The summed E-state index contributed by atoms with van der Waals surface area (Å²) in [5.74, 6) is 0.498. The topological polar surface area (TPSA) is 26.7 Å². The first-order chi connectivity index (χ1) is 18.3. The maximum absolute atomic E-state index is 10.9. The van der Waals surface area contributed by atoms with E-state index in [0.29, 0.717) is 5.75 Å². The predicted molar refractivity (Wildman–Crippen MR) is 168 cm³/mol. The van der Waals surface area contributed by atoms with Crippen molar-refractivity contribution in [2.75, 3.05) is 27.2 Å². The van der Waals surface area contributed by atoms with Crippen molar-refractivity contribution in [1.29, 1.82) is 0 Å². The third-order valence-electron chi connectivity index (χ3n) is 7.72. The number of rotatable bonds is 12. The fraction of sp³-hybridized carbons (Fsp3) is 0.500. The van der Waals surface area contributed by atoms with Crippen LogP contribution in [0.3, 0.4) is 0 Å². The molecule has 3 nitrogen and oxygen atoms in total. The largest absolute Gasteiger partial charge is 0.507 e. The molecule has 3 aromatic rings. The van der Waals surface area contributed by atoms with Gasteiger partial charge in [-0.2, -0.15) is 0 Å². The molecule has 39 heavy (non-hydrogen) atoms. The van der Waals surface area contributed by atoms with Gasteiger partial charge in [0.05, 0.1) is 0 Å². The Labute approximate surface area is 238 Å². The molecule has 0 fully saturated rings. The van der Waals surface area contributed by atoms with Gasteiger partial charge in [-0.05, 0) is 97.1 Å². The lowest BCUT2D eigenvalue weighted by Gasteiger charge is -2.21. The molecule has 0 unspecified atom stereocenters. The lowest BCUT2D eigenvalue weighted by atomic mass is 9.87. The molecule has 0 aliphatic carbocycles. The second-order valence-electron chi connectivity index (χ2n) is 13.5. The van der Waals surface area contributed by atoms with Gasteiger partial charge in [0.15, 0.2) is 0 Å². The number of phenols is 1. The van der Waals surface area contributed by atoms with Crippen molar-refractivity contribution in [3.63, 3.8) is 0 Å². The van der Waals surface area contributed by atoms with Gasteiger partial charge in [0, 0.05) is 13.1 Å². The van der Waals surface area contributed by atoms with Crippen molar-refractivity contribution in [2.24, 2.45) is 0 Å². The van der Waals surface area contributed by atoms with Crippen LogP contribution in [0.4, 0.5) is 0 Å². The van der Waals surface area contributed by atoms with Gasteiger partial charge in [-0.25, -0.2) is 0 Å². The van der Waals surface area contributed by atoms with E-state index in [1.807, 2.05) is 0 Å². The van der Waals surface area contributed by atoms with E-state index in [0.717, 1.165) is 63.0 Å². The van der Waals surface area contributed by atoms with Crippen LogP contribution >= 0.6 is 0 Å². The normalized spacial score (nSPS) is 12.5. The second-order valence-corrected chi connectivity index (χ2v) is 13.5. The van der Waals surface area contributed by atoms with Crippen molar-refractivity contribution in [2.45, 2.75) is 91.1 Å². The molecule has 0 bridgehead atoms. The number of aromatic hydroxyl groups is 1. The number of para-hydroxylation sites is 1. The molecular weight excluding hydrogens is 476 g/mol. The molecule has 1 N–H and O–H groups in total. The lowest BCUT2D eigenvalue weighted by molar-refractivity contribution is 0.320. The first-order valence-corrected chi connectivity index (χ1v) is 14.7. The first kappa shape index (κ1) is 30.9. The molecular formula is C36H52N2O. The highest BCUT2D eigenvalue weighted by atomic mass is 16.3. The highest BCUT2D eigenvalue weighted by Crippen LogP contribution is 2.26. The molecule has 0 aromatic heterocycles. The van der Waals surface area contributed by atoms with Crippen molar-refractivity contribution >= 4 is 0 Å². The number of nitrogens with zero attached hydrogens (tertiary/aromatic N) is 2. The zero-order valence-corrected chi connectivity index (χ0v) is 25.8. The van der Waals surface area contributed by atoms with Crippen LogP contribution in [0.1, 0.15) is 87.8 Å². The Morgan fingerprint density at radius 1 is 0.564 bits per heavy atom. The summed E-state index contributed by atoms with van der Waals surface area (Å²) in [5, 5.41) is 10.9. The molecule has 0 amide bonds. The van der Waals surface area contributed by atoms with Crippen LogP contribution < -0.4 is 0 Å². The van der Waals surface area contributed by atoms with E-state index in [4.69, 9.17) is 0 Å². The van der Waals surface area contributed by atoms with Crippen molar-refractivity contribution in [1.82, 2.24) is 9.80 Å². The summed E-state index contributed by atoms with van der Waals surface area (Å²) in [6.07, 6.45) is 3.86. The van der Waals surface area contributed by atoms with Crippen molar-refractivity contribution in [3.05, 3.63) is 100 Å². The van der Waals surface area contributed by atoms with Crippen LogP contribution in [0.5, 0.6) is 5.75 Å². The van der Waals surface area contributed by atoms with Crippen LogP contribution in [0.25, 0.3) is 0 Å². The SMILES string of the molecule is CN(CCCc1cccc(CCCN(C)Cc2ccc(C(C)(C)C)cc2)c1O)Cc1ccc(C(C)(C)C)cc1. The zero-order chi connectivity index (χ0) is 28.6. The Morgan fingerprint density at radius 2 is 0.923 bits per heavy atom. The molecule has 0 saturated heterocycles. The van der Waals surface area contributed by atoms with E-state index in [1.54, 1.807) is 0 Å². The van der Waals surface area contributed by atoms with Crippen LogP contribution in [-0.4, -0.2) is 42.1 Å². The van der Waals surface area contributed by atoms with Gasteiger partial charge in [0.1, 0.15) is 5.75 Å². The number of hydrogen-bond acceptors (Lipinski definition) is 3. The Morgan fingerprint density at radius 3 is 1.26 bits per heavy atom. The smallest absolute Gasteiger partial charge is 0.121 e. The molecule has 0 aliphatic heterocycles. The molecule has 0 aliphatic rings. The third-order valence-corrected chi connectivity index (χ3v) is 7.72. The van der Waals surface area contributed by atoms with E-state index >= 15 is 0 Å². The van der Waals surface area contributed by atoms with E-state index in [1.165, 1.54) is 22.3 Å². The highest BCUT2D eigenvalue weighted by Gasteiger charge is 2.14. The maximum atomic E-state index is 10.9. The Bertz CT molecular complexity index is 1060. The van der Waals surface area contributed by atoms with Gasteiger partial charge < -0.3 is 14.9 Å². The minimum Gasteiger partial charge on any atom is -0.507 e. The van der Waals surface area contributed by atoms with E-state index in [2.05, 4.69) is 132 Å². The fourth-order valence-corrected chi connectivity index (χ4v) is 5.13. The van der Waals surface area contributed by atoms with E-state index in [-0.39, 0.29) is 10.8 Å². The Balaban J connectivity index is 1.42. The van der Waals surface area contributed by atoms with Gasteiger partial charge in [0.2, 0.25) is 0 Å². The summed E-state index contributed by atoms with van der Waals surface area (Å²) < 4.78 is 0. The van der Waals surface area contributed by atoms with Gasteiger partial charge in [0.25, 0.3) is 0 Å². The summed E-state index contributed by atoms with van der Waals surface area (Å²) in [6, 6.07) is 24.3. The second kappa shape index (κ2) is 13.6. The summed E-state index contributed by atoms with van der Waals surface area (Å²) in [7, 11) is 4.37. The number of hydrogen-bond donors (Lipinski definition) is 1. The van der Waals surface area contributed by atoms with Gasteiger partial charge in [-0.1, -0.05) is 108 Å². The van der Waals surface area contributed by atoms with Crippen molar-refractivity contribution in [3.8, 4) is 5.75 Å². The van der Waals surface area contributed by atoms with Crippen LogP contribution in [0, 0.1) is 0 Å². The quantitative estimate of drug-likeness (QED) is 0.257. The molecule has 0 heterocycles. The van der Waals surface area contributed by atoms with E-state index < -0.39 is 0 Å². The molecule has 0 radical (unpaired) electrons. The molecule has 0 atom stereocenters. The Hall–Kier alpha value is -2.62. The first-order valence-electron chi connectivity index (χ1n) is 14.7. The number of aryl methyl sites for hydroxylation is 2. The standard InChI is InChI=1S/C36H52N2O/c1-35(2,3)32-20-16-28(17-21-32)26-37(7)24-10-14-30-12-9-13-31(34(30)39)15-11-25-38(8)27-29-18-22-33(23-19-29)36(4,5)6/h9,12-13,16-23,39H,10-11,14-15,24-27H2,1-8H3. The van der Waals surface area contributed by atoms with Gasteiger partial charge >= 0.3 is 0 Å². The van der Waals surface area contributed by atoms with Crippen LogP contribution in [0.2, 0.25) is 0 Å². The predicted octanol–water partition coefficient (Wildman–Crippen LogP) is 8.12.